The summed E-state index contributed by atoms with van der Waals surface area (Å²) in [6.45, 7) is 1.91. The molecule has 0 radical (unpaired) electrons. The van der Waals surface area contributed by atoms with Crippen molar-refractivity contribution in [2.75, 3.05) is 27.2 Å². The van der Waals surface area contributed by atoms with Crippen molar-refractivity contribution in [1.82, 2.24) is 14.8 Å². The summed E-state index contributed by atoms with van der Waals surface area (Å²) in [4.78, 5) is 30.5. The van der Waals surface area contributed by atoms with Gasteiger partial charge in [-0.05, 0) is 50.7 Å². The van der Waals surface area contributed by atoms with E-state index >= 15 is 0 Å². The average molecular weight is 506 g/mol. The zero-order chi connectivity index (χ0) is 26.4. The third-order valence-electron chi connectivity index (χ3n) is 6.86. The lowest BCUT2D eigenvalue weighted by molar-refractivity contribution is 0.101. The van der Waals surface area contributed by atoms with Gasteiger partial charge in [0.15, 0.2) is 5.76 Å². The highest BCUT2D eigenvalue weighted by Crippen LogP contribution is 2.40. The highest BCUT2D eigenvalue weighted by Gasteiger charge is 2.31. The van der Waals surface area contributed by atoms with E-state index in [0.717, 1.165) is 61.5 Å². The summed E-state index contributed by atoms with van der Waals surface area (Å²) in [5, 5.41) is 20.5. The number of H-pyrrole nitrogens is 1. The number of aromatic nitrogens is 1. The van der Waals surface area contributed by atoms with Crippen LogP contribution in [0.3, 0.4) is 0 Å². The van der Waals surface area contributed by atoms with E-state index in [4.69, 9.17) is 9.84 Å². The van der Waals surface area contributed by atoms with Crippen LogP contribution in [0.1, 0.15) is 60.0 Å². The maximum absolute atomic E-state index is 13.1. The maximum atomic E-state index is 13.1. The number of amides is 1. The van der Waals surface area contributed by atoms with Crippen molar-refractivity contribution in [3.63, 3.8) is 0 Å². The molecule has 0 bridgehead atoms. The summed E-state index contributed by atoms with van der Waals surface area (Å²) in [6.07, 6.45) is 8.95. The molecule has 0 atom stereocenters. The molecule has 4 rings (SSSR count). The largest absolute Gasteiger partial charge is 0.507 e. The first-order chi connectivity index (χ1) is 17.8. The molecule has 0 spiro atoms. The number of para-hydroxylation sites is 1. The predicted octanol–water partition coefficient (Wildman–Crippen LogP) is 5.87. The van der Waals surface area contributed by atoms with Crippen LogP contribution in [-0.4, -0.2) is 64.1 Å². The number of carbonyl (C=O) groups excluding carboxylic acids is 1. The van der Waals surface area contributed by atoms with Gasteiger partial charge in [0, 0.05) is 42.8 Å². The molecule has 1 aliphatic rings. The Bertz CT molecular complexity index is 1300. The minimum atomic E-state index is -0.880. The van der Waals surface area contributed by atoms with Gasteiger partial charge in [-0.15, -0.1) is 0 Å². The maximum Gasteiger partial charge on any atom is 0.407 e. The molecule has 2 heterocycles. The van der Waals surface area contributed by atoms with E-state index in [-0.39, 0.29) is 17.3 Å². The highest BCUT2D eigenvalue weighted by molar-refractivity contribution is 6.15. The smallest absolute Gasteiger partial charge is 0.407 e. The molecule has 0 saturated carbocycles. The van der Waals surface area contributed by atoms with Crippen molar-refractivity contribution in [3.8, 4) is 11.5 Å². The van der Waals surface area contributed by atoms with Crippen LogP contribution in [-0.2, 0) is 6.54 Å². The normalized spacial score (nSPS) is 13.9. The Morgan fingerprint density at radius 2 is 1.70 bits per heavy atom. The van der Waals surface area contributed by atoms with Crippen LogP contribution in [0.15, 0.2) is 48.4 Å². The Labute approximate surface area is 217 Å². The number of hydrogen-bond donors (Lipinski definition) is 3. The molecule has 2 aromatic carbocycles. The SMILES string of the molecule is CN(CCCCCCCCN(C)C(=O)O)Cc1c(O)ccc2c1OC(=Cc1c[nH]c3ccccc13)C2=O. The van der Waals surface area contributed by atoms with Gasteiger partial charge in [0.1, 0.15) is 11.5 Å². The molecule has 8 nitrogen and oxygen atoms in total. The molecule has 1 amide bonds. The van der Waals surface area contributed by atoms with Crippen molar-refractivity contribution in [2.45, 2.75) is 45.1 Å². The molecule has 3 N–H and O–H groups in total. The van der Waals surface area contributed by atoms with Gasteiger partial charge in [-0.2, -0.15) is 0 Å². The van der Waals surface area contributed by atoms with Gasteiger partial charge in [-0.1, -0.05) is 43.9 Å². The fourth-order valence-corrected chi connectivity index (χ4v) is 4.69. The first kappa shape index (κ1) is 26.3. The number of aromatic hydroxyl groups is 1. The number of phenolic OH excluding ortho intramolecular Hbond substituents is 1. The zero-order valence-electron chi connectivity index (χ0n) is 21.5. The summed E-state index contributed by atoms with van der Waals surface area (Å²) < 4.78 is 6.04. The number of carbonyl (C=O) groups is 2. The quantitative estimate of drug-likeness (QED) is 0.210. The second-order valence-electron chi connectivity index (χ2n) is 9.73. The van der Waals surface area contributed by atoms with Crippen LogP contribution in [0.5, 0.6) is 11.5 Å². The van der Waals surface area contributed by atoms with Crippen LogP contribution >= 0.6 is 0 Å². The van der Waals surface area contributed by atoms with Gasteiger partial charge in [0.25, 0.3) is 0 Å². The molecule has 8 heteroatoms. The number of rotatable bonds is 12. The standard InChI is InChI=1S/C29H35N3O5/c1-31(15-9-5-3-4-6-10-16-32(2)29(35)36)19-23-25(33)14-13-22-27(34)26(37-28(22)23)17-20-18-30-24-12-8-7-11-21(20)24/h7-8,11-14,17-18,30,33H,3-6,9-10,15-16,19H2,1-2H3,(H,35,36). The average Bonchev–Trinajstić information content (AvgIpc) is 3.43. The summed E-state index contributed by atoms with van der Waals surface area (Å²) in [5.74, 6) is 0.634. The predicted molar refractivity (Wildman–Crippen MR) is 144 cm³/mol. The molecular formula is C29H35N3O5. The van der Waals surface area contributed by atoms with Crippen LogP contribution in [0.25, 0.3) is 17.0 Å². The third kappa shape index (κ3) is 6.32. The van der Waals surface area contributed by atoms with Crippen molar-refractivity contribution in [2.24, 2.45) is 0 Å². The first-order valence-electron chi connectivity index (χ1n) is 12.8. The fraction of sp³-hybridized carbons (Fsp3) is 0.379. The number of ketones is 1. The summed E-state index contributed by atoms with van der Waals surface area (Å²) in [7, 11) is 3.60. The number of ether oxygens (including phenoxy) is 1. The number of Topliss-reactive ketones (excluding diaryl/α,β-unsaturated/α-hetero) is 1. The van der Waals surface area contributed by atoms with E-state index in [9.17, 15) is 14.7 Å². The number of carboxylic acid groups (broad SMARTS) is 1. The minimum Gasteiger partial charge on any atom is -0.507 e. The molecule has 1 aromatic heterocycles. The fourth-order valence-electron chi connectivity index (χ4n) is 4.69. The van der Waals surface area contributed by atoms with Gasteiger partial charge in [-0.25, -0.2) is 4.79 Å². The lowest BCUT2D eigenvalue weighted by Crippen LogP contribution is -2.25. The number of phenols is 1. The summed E-state index contributed by atoms with van der Waals surface area (Å²) >= 11 is 0. The van der Waals surface area contributed by atoms with Gasteiger partial charge >= 0.3 is 6.09 Å². The van der Waals surface area contributed by atoms with E-state index in [0.29, 0.717) is 30.0 Å². The van der Waals surface area contributed by atoms with E-state index < -0.39 is 6.09 Å². The van der Waals surface area contributed by atoms with Crippen molar-refractivity contribution >= 4 is 28.9 Å². The van der Waals surface area contributed by atoms with E-state index in [1.165, 1.54) is 4.90 Å². The molecule has 0 unspecified atom stereocenters. The molecule has 37 heavy (non-hydrogen) atoms. The number of allylic oxidation sites excluding steroid dienone is 1. The van der Waals surface area contributed by atoms with Gasteiger partial charge in [0.05, 0.1) is 11.1 Å². The molecule has 0 fully saturated rings. The number of nitrogens with zero attached hydrogens (tertiary/aromatic N) is 2. The Balaban J connectivity index is 1.30. The number of unbranched alkanes of at least 4 members (excludes halogenated alkanes) is 5. The molecular weight excluding hydrogens is 470 g/mol. The van der Waals surface area contributed by atoms with Gasteiger partial charge < -0.3 is 29.7 Å². The summed E-state index contributed by atoms with van der Waals surface area (Å²) in [6, 6.07) is 11.1. The van der Waals surface area contributed by atoms with Gasteiger partial charge in [-0.3, -0.25) is 4.79 Å². The second kappa shape index (κ2) is 12.0. The van der Waals surface area contributed by atoms with Crippen LogP contribution in [0.4, 0.5) is 4.79 Å². The lowest BCUT2D eigenvalue weighted by Gasteiger charge is -2.19. The number of nitrogens with one attached hydrogen (secondary N) is 1. The van der Waals surface area contributed by atoms with Crippen molar-refractivity contribution < 1.29 is 24.5 Å². The molecule has 0 saturated heterocycles. The zero-order valence-corrected chi connectivity index (χ0v) is 21.5. The van der Waals surface area contributed by atoms with Gasteiger partial charge in [0.2, 0.25) is 5.78 Å². The second-order valence-corrected chi connectivity index (χ2v) is 9.73. The molecule has 3 aromatic rings. The van der Waals surface area contributed by atoms with E-state index in [1.807, 2.05) is 37.5 Å². The van der Waals surface area contributed by atoms with E-state index in [1.54, 1.807) is 25.3 Å². The Kier molecular flexibility index (Phi) is 8.50. The first-order valence-corrected chi connectivity index (χ1v) is 12.8. The molecule has 196 valence electrons. The van der Waals surface area contributed by atoms with Crippen LogP contribution in [0.2, 0.25) is 0 Å². The lowest BCUT2D eigenvalue weighted by atomic mass is 10.0. The monoisotopic (exact) mass is 505 g/mol. The van der Waals surface area contributed by atoms with Crippen molar-refractivity contribution in [3.05, 3.63) is 65.0 Å². The van der Waals surface area contributed by atoms with Crippen LogP contribution < -0.4 is 4.74 Å². The Morgan fingerprint density at radius 1 is 1.00 bits per heavy atom. The minimum absolute atomic E-state index is 0.123. The Morgan fingerprint density at radius 3 is 2.46 bits per heavy atom. The van der Waals surface area contributed by atoms with E-state index in [2.05, 4.69) is 9.88 Å². The number of fused-ring (bicyclic) bond motifs is 2. The number of aromatic amines is 1. The van der Waals surface area contributed by atoms with Crippen molar-refractivity contribution in [1.29, 1.82) is 0 Å². The summed E-state index contributed by atoms with van der Waals surface area (Å²) in [5.41, 5.74) is 2.96. The van der Waals surface area contributed by atoms with Crippen LogP contribution in [0, 0.1) is 0 Å². The molecule has 1 aliphatic heterocycles. The topological polar surface area (TPSA) is 106 Å². The molecule has 0 aliphatic carbocycles. The number of hydrogen-bond acceptors (Lipinski definition) is 5. The highest BCUT2D eigenvalue weighted by atomic mass is 16.5. The Hall–Kier alpha value is -3.78. The third-order valence-corrected chi connectivity index (χ3v) is 6.86. The number of benzene rings is 2.